The van der Waals surface area contributed by atoms with E-state index in [0.29, 0.717) is 5.69 Å². The molecule has 0 aliphatic rings. The van der Waals surface area contributed by atoms with Crippen molar-refractivity contribution in [3.63, 3.8) is 0 Å². The first-order valence-corrected chi connectivity index (χ1v) is 3.76. The van der Waals surface area contributed by atoms with Gasteiger partial charge in [-0.2, -0.15) is 0 Å². The number of aliphatic hydroxyl groups is 1. The molecule has 1 rings (SSSR count). The summed E-state index contributed by atoms with van der Waals surface area (Å²) in [6.45, 7) is 4.85. The van der Waals surface area contributed by atoms with Crippen molar-refractivity contribution in [3.05, 3.63) is 29.3 Å². The summed E-state index contributed by atoms with van der Waals surface area (Å²) in [4.78, 5) is 3.77. The fraction of sp³-hybridized carbons (Fsp3) is 0.444. The Morgan fingerprint density at radius 2 is 2.08 bits per heavy atom. The van der Waals surface area contributed by atoms with Crippen molar-refractivity contribution in [1.82, 2.24) is 4.98 Å². The van der Waals surface area contributed by atoms with E-state index < -0.39 is 11.4 Å². The summed E-state index contributed by atoms with van der Waals surface area (Å²) in [5.41, 5.74) is -0.152. The molecule has 0 aliphatic carbocycles. The number of hydrogen-bond acceptors (Lipinski definition) is 2. The lowest BCUT2D eigenvalue weighted by Crippen LogP contribution is -2.18. The number of rotatable bonds is 1. The second kappa shape index (κ2) is 2.83. The van der Waals surface area contributed by atoms with E-state index in [1.807, 2.05) is 0 Å². The molecule has 0 radical (unpaired) electrons. The molecule has 12 heavy (non-hydrogen) atoms. The van der Waals surface area contributed by atoms with Gasteiger partial charge in [0.05, 0.1) is 11.8 Å². The van der Waals surface area contributed by atoms with E-state index in [4.69, 9.17) is 0 Å². The molecule has 1 heterocycles. The molecule has 0 amide bonds. The highest BCUT2D eigenvalue weighted by Crippen LogP contribution is 2.22. The Morgan fingerprint density at radius 3 is 2.50 bits per heavy atom. The maximum Gasteiger partial charge on any atom is 0.147 e. The molecule has 1 N–H and O–H groups in total. The van der Waals surface area contributed by atoms with Gasteiger partial charge in [-0.3, -0.25) is 4.98 Å². The van der Waals surface area contributed by atoms with Crippen molar-refractivity contribution in [2.24, 2.45) is 0 Å². The van der Waals surface area contributed by atoms with Crippen LogP contribution in [-0.2, 0) is 5.60 Å². The molecule has 0 spiro atoms. The van der Waals surface area contributed by atoms with Crippen LogP contribution < -0.4 is 0 Å². The van der Waals surface area contributed by atoms with Gasteiger partial charge >= 0.3 is 0 Å². The highest BCUT2D eigenvalue weighted by Gasteiger charge is 2.20. The maximum atomic E-state index is 13.0. The topological polar surface area (TPSA) is 33.1 Å². The van der Waals surface area contributed by atoms with E-state index in [1.165, 1.54) is 0 Å². The molecule has 2 nitrogen and oxygen atoms in total. The third-order valence-electron chi connectivity index (χ3n) is 1.65. The van der Waals surface area contributed by atoms with E-state index >= 15 is 0 Å². The highest BCUT2D eigenvalue weighted by atomic mass is 19.1. The van der Waals surface area contributed by atoms with Gasteiger partial charge in [-0.15, -0.1) is 0 Å². The Balaban J connectivity index is 3.23. The molecule has 0 aromatic carbocycles. The van der Waals surface area contributed by atoms with Gasteiger partial charge in [0.25, 0.3) is 0 Å². The van der Waals surface area contributed by atoms with Crippen molar-refractivity contribution in [2.45, 2.75) is 26.4 Å². The first-order chi connectivity index (χ1) is 5.41. The molecule has 0 atom stereocenters. The van der Waals surface area contributed by atoms with Crippen LogP contribution in [0, 0.1) is 12.7 Å². The van der Waals surface area contributed by atoms with Crippen molar-refractivity contribution in [3.8, 4) is 0 Å². The third-order valence-corrected chi connectivity index (χ3v) is 1.65. The van der Waals surface area contributed by atoms with Crippen LogP contribution >= 0.6 is 0 Å². The van der Waals surface area contributed by atoms with Crippen molar-refractivity contribution >= 4 is 0 Å². The average Bonchev–Trinajstić information content (AvgIpc) is 1.92. The van der Waals surface area contributed by atoms with E-state index in [0.717, 1.165) is 6.20 Å². The Hall–Kier alpha value is -0.960. The van der Waals surface area contributed by atoms with Gasteiger partial charge in [0.1, 0.15) is 5.82 Å². The Kier molecular flexibility index (Phi) is 2.15. The van der Waals surface area contributed by atoms with Crippen LogP contribution in [0.3, 0.4) is 0 Å². The number of aromatic nitrogens is 1. The second-order valence-corrected chi connectivity index (χ2v) is 3.36. The van der Waals surface area contributed by atoms with Crippen LogP contribution in [-0.4, -0.2) is 10.1 Å². The summed E-state index contributed by atoms with van der Waals surface area (Å²) in [5.74, 6) is -0.465. The minimum atomic E-state index is -1.14. The van der Waals surface area contributed by atoms with Gasteiger partial charge in [-0.1, -0.05) is 0 Å². The molecule has 0 saturated carbocycles. The minimum Gasteiger partial charge on any atom is -0.386 e. The zero-order valence-corrected chi connectivity index (χ0v) is 7.43. The van der Waals surface area contributed by atoms with Gasteiger partial charge in [-0.25, -0.2) is 4.39 Å². The molecular weight excluding hydrogens is 157 g/mol. The van der Waals surface area contributed by atoms with Crippen LogP contribution in [0.1, 0.15) is 25.1 Å². The maximum absolute atomic E-state index is 13.0. The quantitative estimate of drug-likeness (QED) is 0.694. The van der Waals surface area contributed by atoms with Gasteiger partial charge < -0.3 is 5.11 Å². The van der Waals surface area contributed by atoms with Gasteiger partial charge in [0.2, 0.25) is 0 Å². The smallest absolute Gasteiger partial charge is 0.147 e. The summed E-state index contributed by atoms with van der Waals surface area (Å²) < 4.78 is 13.0. The number of halogens is 1. The largest absolute Gasteiger partial charge is 0.386 e. The van der Waals surface area contributed by atoms with Gasteiger partial charge in [0.15, 0.2) is 0 Å². The molecule has 3 heteroatoms. The molecule has 0 fully saturated rings. The number of pyridine rings is 1. The van der Waals surface area contributed by atoms with Gasteiger partial charge in [0, 0.05) is 11.3 Å². The normalized spacial score (nSPS) is 11.8. The zero-order valence-electron chi connectivity index (χ0n) is 7.43. The number of aryl methyl sites for hydroxylation is 1. The lowest BCUT2D eigenvalue weighted by Gasteiger charge is -2.18. The average molecular weight is 169 g/mol. The van der Waals surface area contributed by atoms with Crippen molar-refractivity contribution < 1.29 is 9.50 Å². The predicted molar refractivity (Wildman–Crippen MR) is 44.2 cm³/mol. The van der Waals surface area contributed by atoms with Crippen molar-refractivity contribution in [1.29, 1.82) is 0 Å². The lowest BCUT2D eigenvalue weighted by atomic mass is 9.98. The molecule has 0 unspecified atom stereocenters. The zero-order chi connectivity index (χ0) is 9.35. The summed E-state index contributed by atoms with van der Waals surface area (Å²) in [5, 5.41) is 9.53. The number of hydrogen-bond donors (Lipinski definition) is 1. The predicted octanol–water partition coefficient (Wildman–Crippen LogP) is 1.76. The summed E-state index contributed by atoms with van der Waals surface area (Å²) in [7, 11) is 0. The number of nitrogens with zero attached hydrogens (tertiary/aromatic N) is 1. The van der Waals surface area contributed by atoms with E-state index in [2.05, 4.69) is 4.98 Å². The van der Waals surface area contributed by atoms with Crippen LogP contribution in [0.5, 0.6) is 0 Å². The minimum absolute atomic E-state index is 0.287. The molecule has 0 aliphatic heterocycles. The monoisotopic (exact) mass is 169 g/mol. The second-order valence-electron chi connectivity index (χ2n) is 3.36. The lowest BCUT2D eigenvalue weighted by molar-refractivity contribution is 0.0743. The molecule has 66 valence electrons. The van der Waals surface area contributed by atoms with E-state index in [1.54, 1.807) is 26.8 Å². The Morgan fingerprint density at radius 1 is 1.50 bits per heavy atom. The Bertz CT molecular complexity index is 291. The fourth-order valence-corrected chi connectivity index (χ4v) is 1.01. The SMILES string of the molecule is Cc1cc(C(C)(C)O)c(F)cn1. The molecule has 1 aromatic rings. The standard InChI is InChI=1S/C9H12FNO/c1-6-4-7(9(2,3)12)8(10)5-11-6/h4-5,12H,1-3H3. The van der Waals surface area contributed by atoms with Gasteiger partial charge in [-0.05, 0) is 26.8 Å². The summed E-state index contributed by atoms with van der Waals surface area (Å²) in [6, 6.07) is 1.55. The molecule has 0 bridgehead atoms. The van der Waals surface area contributed by atoms with Crippen LogP contribution in [0.15, 0.2) is 12.3 Å². The van der Waals surface area contributed by atoms with E-state index in [9.17, 15) is 9.50 Å². The molecule has 0 saturated heterocycles. The third kappa shape index (κ3) is 1.80. The van der Waals surface area contributed by atoms with Crippen LogP contribution in [0.2, 0.25) is 0 Å². The van der Waals surface area contributed by atoms with Crippen molar-refractivity contribution in [2.75, 3.05) is 0 Å². The highest BCUT2D eigenvalue weighted by molar-refractivity contribution is 5.22. The van der Waals surface area contributed by atoms with E-state index in [-0.39, 0.29) is 5.56 Å². The first-order valence-electron chi connectivity index (χ1n) is 3.76. The Labute approximate surface area is 71.1 Å². The summed E-state index contributed by atoms with van der Waals surface area (Å²) in [6.07, 6.45) is 1.13. The molecule has 1 aromatic heterocycles. The first kappa shape index (κ1) is 9.13. The van der Waals surface area contributed by atoms with Crippen LogP contribution in [0.4, 0.5) is 4.39 Å². The molecular formula is C9H12FNO. The fourth-order valence-electron chi connectivity index (χ4n) is 1.01. The van der Waals surface area contributed by atoms with Crippen LogP contribution in [0.25, 0.3) is 0 Å². The summed E-state index contributed by atoms with van der Waals surface area (Å²) >= 11 is 0.